The first-order valence-corrected chi connectivity index (χ1v) is 21.5. The molecule has 0 bridgehead atoms. The van der Waals surface area contributed by atoms with Gasteiger partial charge in [0.25, 0.3) is 0 Å². The molecule has 0 amide bonds. The molecule has 0 saturated heterocycles. The molecule has 0 fully saturated rings. The number of furan rings is 1. The zero-order valence-corrected chi connectivity index (χ0v) is 33.9. The monoisotopic (exact) mass is 795 g/mol. The molecular formula is C58H37NOS. The molecule has 10 aromatic carbocycles. The van der Waals surface area contributed by atoms with E-state index >= 15 is 0 Å². The van der Waals surface area contributed by atoms with E-state index in [9.17, 15) is 0 Å². The van der Waals surface area contributed by atoms with Crippen molar-refractivity contribution >= 4 is 81.3 Å². The Kier molecular flexibility index (Phi) is 8.39. The van der Waals surface area contributed by atoms with E-state index in [4.69, 9.17) is 4.42 Å². The Labute approximate surface area is 357 Å². The van der Waals surface area contributed by atoms with Crippen LogP contribution in [0.15, 0.2) is 229 Å². The van der Waals surface area contributed by atoms with Crippen LogP contribution in [-0.2, 0) is 0 Å². The summed E-state index contributed by atoms with van der Waals surface area (Å²) in [4.78, 5) is 2.40. The summed E-state index contributed by atoms with van der Waals surface area (Å²) in [6.45, 7) is 0. The molecule has 12 rings (SSSR count). The van der Waals surface area contributed by atoms with E-state index in [1.54, 1.807) is 0 Å². The number of fused-ring (bicyclic) bond motifs is 7. The molecule has 0 N–H and O–H groups in total. The lowest BCUT2D eigenvalue weighted by molar-refractivity contribution is 0.669. The second-order valence-corrected chi connectivity index (χ2v) is 16.8. The highest BCUT2D eigenvalue weighted by Crippen LogP contribution is 2.44. The van der Waals surface area contributed by atoms with Crippen LogP contribution in [-0.4, -0.2) is 0 Å². The largest absolute Gasteiger partial charge is 0.456 e. The Morgan fingerprint density at radius 3 is 1.59 bits per heavy atom. The maximum Gasteiger partial charge on any atom is 0.135 e. The average Bonchev–Trinajstić information content (AvgIpc) is 3.90. The summed E-state index contributed by atoms with van der Waals surface area (Å²) in [5.74, 6) is 0. The van der Waals surface area contributed by atoms with Crippen molar-refractivity contribution in [1.82, 2.24) is 0 Å². The lowest BCUT2D eigenvalue weighted by Gasteiger charge is -2.28. The van der Waals surface area contributed by atoms with Crippen molar-refractivity contribution < 1.29 is 4.42 Å². The summed E-state index contributed by atoms with van der Waals surface area (Å²) in [6.07, 6.45) is 0. The third kappa shape index (κ3) is 6.26. The molecule has 0 unspecified atom stereocenters. The Morgan fingerprint density at radius 1 is 0.311 bits per heavy atom. The van der Waals surface area contributed by atoms with Crippen LogP contribution in [0, 0.1) is 0 Å². The van der Waals surface area contributed by atoms with Gasteiger partial charge in [0.2, 0.25) is 0 Å². The Bertz CT molecular complexity index is 3580. The fraction of sp³-hybridized carbons (Fsp3) is 0. The van der Waals surface area contributed by atoms with Crippen LogP contribution < -0.4 is 4.90 Å². The highest BCUT2D eigenvalue weighted by Gasteiger charge is 2.19. The van der Waals surface area contributed by atoms with Crippen LogP contribution in [0.1, 0.15) is 0 Å². The minimum Gasteiger partial charge on any atom is -0.456 e. The van der Waals surface area contributed by atoms with Crippen LogP contribution in [0.4, 0.5) is 17.1 Å². The summed E-state index contributed by atoms with van der Waals surface area (Å²) in [5.41, 5.74) is 14.6. The van der Waals surface area contributed by atoms with Crippen LogP contribution in [0.25, 0.3) is 97.4 Å². The highest BCUT2D eigenvalue weighted by atomic mass is 32.1. The molecule has 3 heteroatoms. The number of rotatable bonds is 7. The van der Waals surface area contributed by atoms with Gasteiger partial charge in [-0.25, -0.2) is 0 Å². The Balaban J connectivity index is 0.935. The predicted molar refractivity (Wildman–Crippen MR) is 261 cm³/mol. The van der Waals surface area contributed by atoms with Crippen molar-refractivity contribution in [2.75, 3.05) is 4.90 Å². The zero-order chi connectivity index (χ0) is 40.3. The fourth-order valence-corrected chi connectivity index (χ4v) is 10.1. The van der Waals surface area contributed by atoms with Crippen LogP contribution in [0.5, 0.6) is 0 Å². The van der Waals surface area contributed by atoms with Gasteiger partial charge >= 0.3 is 0 Å². The van der Waals surface area contributed by atoms with E-state index in [0.717, 1.165) is 50.1 Å². The van der Waals surface area contributed by atoms with Crippen LogP contribution in [0.2, 0.25) is 0 Å². The second-order valence-electron chi connectivity index (χ2n) is 15.7. The molecular weight excluding hydrogens is 759 g/mol. The average molecular weight is 796 g/mol. The molecule has 2 nitrogen and oxygen atoms in total. The lowest BCUT2D eigenvalue weighted by atomic mass is 9.97. The van der Waals surface area contributed by atoms with E-state index in [2.05, 4.69) is 217 Å². The van der Waals surface area contributed by atoms with E-state index in [-0.39, 0.29) is 0 Å². The van der Waals surface area contributed by atoms with Crippen molar-refractivity contribution in [3.63, 3.8) is 0 Å². The summed E-state index contributed by atoms with van der Waals surface area (Å²) < 4.78 is 8.76. The summed E-state index contributed by atoms with van der Waals surface area (Å²) in [7, 11) is 0. The van der Waals surface area contributed by atoms with Gasteiger partial charge in [0, 0.05) is 47.9 Å². The molecule has 0 spiro atoms. The summed E-state index contributed by atoms with van der Waals surface area (Å²) >= 11 is 1.85. The number of nitrogens with zero attached hydrogens (tertiary/aromatic N) is 1. The van der Waals surface area contributed by atoms with Crippen LogP contribution in [0.3, 0.4) is 0 Å². The van der Waals surface area contributed by atoms with Gasteiger partial charge in [0.1, 0.15) is 11.2 Å². The second kappa shape index (κ2) is 14.5. The maximum atomic E-state index is 6.15. The quantitative estimate of drug-likeness (QED) is 0.160. The number of para-hydroxylation sites is 2. The van der Waals surface area contributed by atoms with E-state index in [0.29, 0.717) is 0 Å². The van der Waals surface area contributed by atoms with Gasteiger partial charge in [0.15, 0.2) is 0 Å². The number of benzene rings is 10. The van der Waals surface area contributed by atoms with E-state index in [1.807, 2.05) is 23.5 Å². The molecule has 0 aliphatic carbocycles. The third-order valence-electron chi connectivity index (χ3n) is 12.1. The number of anilines is 3. The number of thiophene rings is 1. The van der Waals surface area contributed by atoms with Gasteiger partial charge in [-0.2, -0.15) is 0 Å². The molecule has 61 heavy (non-hydrogen) atoms. The van der Waals surface area contributed by atoms with Crippen molar-refractivity contribution in [2.24, 2.45) is 0 Å². The SMILES string of the molecule is c1ccc(N(c2ccc(-c3ccc(-c4ccc5ccccc5c4)cc3)cc2)c2ccc(-c3ccc4oc5ccccc5c4c3)cc2)c(-c2ccc3sc4ccccc4c3c2)c1. The lowest BCUT2D eigenvalue weighted by Crippen LogP contribution is -2.11. The third-order valence-corrected chi connectivity index (χ3v) is 13.2. The fourth-order valence-electron chi connectivity index (χ4n) is 8.97. The van der Waals surface area contributed by atoms with Gasteiger partial charge in [-0.15, -0.1) is 11.3 Å². The first-order chi connectivity index (χ1) is 30.2. The molecule has 286 valence electrons. The molecule has 2 aromatic heterocycles. The zero-order valence-electron chi connectivity index (χ0n) is 33.1. The van der Waals surface area contributed by atoms with Gasteiger partial charge in [0.05, 0.1) is 5.69 Å². The Morgan fingerprint density at radius 2 is 0.820 bits per heavy atom. The minimum absolute atomic E-state index is 0.905. The smallest absolute Gasteiger partial charge is 0.135 e. The van der Waals surface area contributed by atoms with E-state index < -0.39 is 0 Å². The van der Waals surface area contributed by atoms with Gasteiger partial charge in [-0.3, -0.25) is 0 Å². The number of hydrogen-bond donors (Lipinski definition) is 0. The van der Waals surface area contributed by atoms with Gasteiger partial charge in [-0.1, -0.05) is 152 Å². The molecule has 2 heterocycles. The standard InChI is InChI=1S/C58H37NOS/c1-2-10-43-35-44(22-21-38(43)9-1)41-19-17-39(18-20-41)40-23-29-47(30-24-40)59(48-31-25-42(26-32-48)45-27-33-56-52(36-45)50-12-4-7-15-55(50)60-56)54-14-6-3-11-49(54)46-28-34-58-53(37-46)51-13-5-8-16-57(51)61-58/h1-37H. The molecule has 0 saturated carbocycles. The van der Waals surface area contributed by atoms with Crippen LogP contribution >= 0.6 is 11.3 Å². The molecule has 0 radical (unpaired) electrons. The number of hydrogen-bond acceptors (Lipinski definition) is 3. The predicted octanol–water partition coefficient (Wildman–Crippen LogP) is 17.2. The minimum atomic E-state index is 0.905. The van der Waals surface area contributed by atoms with Crippen molar-refractivity contribution in [2.45, 2.75) is 0 Å². The highest BCUT2D eigenvalue weighted by molar-refractivity contribution is 7.25. The Hall–Kier alpha value is -7.72. The molecule has 0 aliphatic rings. The molecule has 0 aliphatic heterocycles. The van der Waals surface area contributed by atoms with Gasteiger partial charge in [-0.05, 0) is 123 Å². The van der Waals surface area contributed by atoms with E-state index in [1.165, 1.54) is 64.3 Å². The van der Waals surface area contributed by atoms with Crippen molar-refractivity contribution in [3.8, 4) is 44.5 Å². The summed E-state index contributed by atoms with van der Waals surface area (Å²) in [5, 5.41) is 7.38. The first-order valence-electron chi connectivity index (χ1n) is 20.7. The normalized spacial score (nSPS) is 11.6. The maximum absolute atomic E-state index is 6.15. The molecule has 0 atom stereocenters. The van der Waals surface area contributed by atoms with Crippen molar-refractivity contribution in [3.05, 3.63) is 224 Å². The topological polar surface area (TPSA) is 16.4 Å². The molecule has 12 aromatic rings. The van der Waals surface area contributed by atoms with Gasteiger partial charge < -0.3 is 9.32 Å². The van der Waals surface area contributed by atoms with Crippen molar-refractivity contribution in [1.29, 1.82) is 0 Å². The summed E-state index contributed by atoms with van der Waals surface area (Å²) in [6, 6.07) is 81.4. The first kappa shape index (κ1) is 35.2.